The summed E-state index contributed by atoms with van der Waals surface area (Å²) in [6, 6.07) is 11.9. The highest BCUT2D eigenvalue weighted by Gasteiger charge is 2.17. The zero-order chi connectivity index (χ0) is 17.0. The molecule has 0 bridgehead atoms. The van der Waals surface area contributed by atoms with Crippen LogP contribution in [0.25, 0.3) is 0 Å². The van der Waals surface area contributed by atoms with Crippen molar-refractivity contribution < 1.29 is 8.42 Å². The fourth-order valence-electron chi connectivity index (χ4n) is 1.97. The van der Waals surface area contributed by atoms with Crippen LogP contribution >= 0.6 is 11.8 Å². The van der Waals surface area contributed by atoms with E-state index < -0.39 is 10.0 Å². The maximum atomic E-state index is 12.0. The second-order valence-electron chi connectivity index (χ2n) is 5.80. The van der Waals surface area contributed by atoms with Crippen molar-refractivity contribution in [1.82, 2.24) is 9.29 Å². The van der Waals surface area contributed by atoms with Gasteiger partial charge in [0.1, 0.15) is 4.90 Å². The van der Waals surface area contributed by atoms with Gasteiger partial charge in [0.05, 0.1) is 5.03 Å². The molecule has 0 spiro atoms. The summed E-state index contributed by atoms with van der Waals surface area (Å²) >= 11 is 1.60. The fraction of sp³-hybridized carbons (Fsp3) is 0.353. The summed E-state index contributed by atoms with van der Waals surface area (Å²) in [5.74, 6) is 1.34. The molecule has 2 aromatic rings. The molecule has 0 aliphatic heterocycles. The first kappa shape index (κ1) is 18.0. The summed E-state index contributed by atoms with van der Waals surface area (Å²) in [6.45, 7) is 4.36. The molecule has 1 aromatic heterocycles. The van der Waals surface area contributed by atoms with Crippen LogP contribution in [0.15, 0.2) is 52.5 Å². The van der Waals surface area contributed by atoms with Gasteiger partial charge in [-0.05, 0) is 29.2 Å². The molecule has 0 aliphatic carbocycles. The van der Waals surface area contributed by atoms with Crippen LogP contribution in [0.5, 0.6) is 0 Å². The normalized spacial score (nSPS) is 12.1. The van der Waals surface area contributed by atoms with E-state index in [1.54, 1.807) is 23.9 Å². The van der Waals surface area contributed by atoms with Crippen LogP contribution in [-0.4, -0.2) is 31.8 Å². The van der Waals surface area contributed by atoms with Crippen LogP contribution < -0.4 is 0 Å². The Bertz CT molecular complexity index is 737. The first-order valence-corrected chi connectivity index (χ1v) is 9.83. The molecule has 1 heterocycles. The lowest BCUT2D eigenvalue weighted by molar-refractivity contribution is 0.520. The molecule has 6 heteroatoms. The van der Waals surface area contributed by atoms with Gasteiger partial charge >= 0.3 is 0 Å². The van der Waals surface area contributed by atoms with Crippen molar-refractivity contribution in [2.75, 3.05) is 14.1 Å². The van der Waals surface area contributed by atoms with E-state index in [-0.39, 0.29) is 4.90 Å². The summed E-state index contributed by atoms with van der Waals surface area (Å²) in [4.78, 5) is 4.46. The molecule has 0 unspecified atom stereocenters. The van der Waals surface area contributed by atoms with Gasteiger partial charge in [0.25, 0.3) is 0 Å². The number of aromatic nitrogens is 1. The monoisotopic (exact) mass is 350 g/mol. The van der Waals surface area contributed by atoms with Crippen LogP contribution in [0.2, 0.25) is 0 Å². The predicted molar refractivity (Wildman–Crippen MR) is 95.2 cm³/mol. The smallest absolute Gasteiger partial charge is 0.244 e. The van der Waals surface area contributed by atoms with Crippen molar-refractivity contribution in [2.45, 2.75) is 35.4 Å². The quantitative estimate of drug-likeness (QED) is 0.745. The first-order chi connectivity index (χ1) is 10.8. The Morgan fingerprint density at radius 3 is 2.22 bits per heavy atom. The average molecular weight is 351 g/mol. The molecular formula is C17H22N2O2S2. The Morgan fingerprint density at radius 2 is 1.74 bits per heavy atom. The lowest BCUT2D eigenvalue weighted by atomic mass is 10.0. The molecule has 0 radical (unpaired) electrons. The minimum absolute atomic E-state index is 0.216. The van der Waals surface area contributed by atoms with Gasteiger partial charge in [-0.15, -0.1) is 11.8 Å². The highest BCUT2D eigenvalue weighted by atomic mass is 32.2. The molecule has 4 nitrogen and oxygen atoms in total. The molecule has 0 aliphatic rings. The number of benzene rings is 1. The molecule has 0 saturated heterocycles. The molecule has 0 atom stereocenters. The number of thioether (sulfide) groups is 1. The molecule has 23 heavy (non-hydrogen) atoms. The zero-order valence-electron chi connectivity index (χ0n) is 13.9. The molecule has 0 N–H and O–H groups in total. The van der Waals surface area contributed by atoms with E-state index in [0.717, 1.165) is 10.8 Å². The summed E-state index contributed by atoms with van der Waals surface area (Å²) in [7, 11) is -0.387. The maximum Gasteiger partial charge on any atom is 0.244 e. The van der Waals surface area contributed by atoms with E-state index in [4.69, 9.17) is 0 Å². The second kappa shape index (κ2) is 7.47. The van der Waals surface area contributed by atoms with E-state index >= 15 is 0 Å². The van der Waals surface area contributed by atoms with Gasteiger partial charge in [0.15, 0.2) is 0 Å². The van der Waals surface area contributed by atoms with Gasteiger partial charge in [-0.1, -0.05) is 38.1 Å². The van der Waals surface area contributed by atoms with Crippen molar-refractivity contribution in [3.05, 3.63) is 53.7 Å². The van der Waals surface area contributed by atoms with Crippen LogP contribution in [0.1, 0.15) is 30.9 Å². The van der Waals surface area contributed by atoms with Gasteiger partial charge < -0.3 is 0 Å². The van der Waals surface area contributed by atoms with Crippen LogP contribution in [0.4, 0.5) is 0 Å². The van der Waals surface area contributed by atoms with E-state index in [9.17, 15) is 8.42 Å². The van der Waals surface area contributed by atoms with Crippen LogP contribution in [-0.2, 0) is 15.8 Å². The third kappa shape index (κ3) is 4.56. The summed E-state index contributed by atoms with van der Waals surface area (Å²) in [5, 5.41) is 0.815. The molecule has 0 amide bonds. The second-order valence-corrected chi connectivity index (χ2v) is 8.95. The number of rotatable bonds is 6. The van der Waals surface area contributed by atoms with Crippen molar-refractivity contribution in [1.29, 1.82) is 0 Å². The molecule has 124 valence electrons. The SMILES string of the molecule is CC(C)c1ccc(CSc2ccc(S(=O)(=O)N(C)C)cn2)cc1. The Kier molecular flexibility index (Phi) is 5.84. The van der Waals surface area contributed by atoms with Gasteiger partial charge in [-0.2, -0.15) is 0 Å². The highest BCUT2D eigenvalue weighted by molar-refractivity contribution is 7.98. The number of pyridine rings is 1. The van der Waals surface area contributed by atoms with Gasteiger partial charge in [0.2, 0.25) is 10.0 Å². The molecular weight excluding hydrogens is 328 g/mol. The first-order valence-electron chi connectivity index (χ1n) is 7.41. The third-order valence-corrected chi connectivity index (χ3v) is 6.33. The van der Waals surface area contributed by atoms with Crippen molar-refractivity contribution in [3.63, 3.8) is 0 Å². The zero-order valence-corrected chi connectivity index (χ0v) is 15.5. The van der Waals surface area contributed by atoms with Crippen molar-refractivity contribution >= 4 is 21.8 Å². The Morgan fingerprint density at radius 1 is 1.09 bits per heavy atom. The number of sulfonamides is 1. The Hall–Kier alpha value is -1.37. The standard InChI is InChI=1S/C17H22N2O2S2/c1-13(2)15-7-5-14(6-8-15)12-22-17-10-9-16(11-18-17)23(20,21)19(3)4/h5-11,13H,12H2,1-4H3. The van der Waals surface area contributed by atoms with Crippen molar-refractivity contribution in [3.8, 4) is 0 Å². The van der Waals surface area contributed by atoms with Crippen LogP contribution in [0, 0.1) is 0 Å². The van der Waals surface area contributed by atoms with E-state index in [0.29, 0.717) is 5.92 Å². The molecule has 1 aromatic carbocycles. The van der Waals surface area contributed by atoms with Crippen molar-refractivity contribution in [2.24, 2.45) is 0 Å². The Labute approximate surface area is 143 Å². The van der Waals surface area contributed by atoms with Crippen LogP contribution in [0.3, 0.4) is 0 Å². The van der Waals surface area contributed by atoms with E-state index in [2.05, 4.69) is 43.1 Å². The topological polar surface area (TPSA) is 50.3 Å². The largest absolute Gasteiger partial charge is 0.249 e. The minimum atomic E-state index is -3.41. The minimum Gasteiger partial charge on any atom is -0.249 e. The maximum absolute atomic E-state index is 12.0. The molecule has 0 fully saturated rings. The molecule has 2 rings (SSSR count). The third-order valence-electron chi connectivity index (χ3n) is 3.52. The summed E-state index contributed by atoms with van der Waals surface area (Å²) in [5.41, 5.74) is 2.56. The Balaban J connectivity index is 2.02. The van der Waals surface area contributed by atoms with E-state index in [1.165, 1.54) is 35.7 Å². The van der Waals surface area contributed by atoms with Gasteiger partial charge in [-0.3, -0.25) is 0 Å². The molecule has 0 saturated carbocycles. The fourth-order valence-corrected chi connectivity index (χ4v) is 3.62. The summed E-state index contributed by atoms with van der Waals surface area (Å²) < 4.78 is 25.2. The number of hydrogen-bond donors (Lipinski definition) is 0. The average Bonchev–Trinajstić information content (AvgIpc) is 2.53. The predicted octanol–water partition coefficient (Wildman–Crippen LogP) is 3.75. The highest BCUT2D eigenvalue weighted by Crippen LogP contribution is 2.23. The number of nitrogens with zero attached hydrogens (tertiary/aromatic N) is 2. The van der Waals surface area contributed by atoms with E-state index in [1.807, 2.05) is 0 Å². The lowest BCUT2D eigenvalue weighted by Gasteiger charge is -2.11. The van der Waals surface area contributed by atoms with Gasteiger partial charge in [-0.25, -0.2) is 17.7 Å². The van der Waals surface area contributed by atoms with Gasteiger partial charge in [0, 0.05) is 26.0 Å². The summed E-state index contributed by atoms with van der Waals surface area (Å²) in [6.07, 6.45) is 1.42. The number of hydrogen-bond acceptors (Lipinski definition) is 4. The lowest BCUT2D eigenvalue weighted by Crippen LogP contribution is -2.22.